The Morgan fingerprint density at radius 1 is 1.12 bits per heavy atom. The van der Waals surface area contributed by atoms with Gasteiger partial charge < -0.3 is 10.1 Å². The topological polar surface area (TPSA) is 92.8 Å². The Bertz CT molecular complexity index is 1330. The van der Waals surface area contributed by atoms with Gasteiger partial charge in [0.2, 0.25) is 5.91 Å². The number of fused-ring (bicyclic) bond motifs is 1. The molecular formula is C24H20F3N5O2. The number of amides is 1. The third kappa shape index (κ3) is 4.70. The Morgan fingerprint density at radius 2 is 1.91 bits per heavy atom. The molecule has 2 aromatic heterocycles. The highest BCUT2D eigenvalue weighted by atomic mass is 19.4. The number of aromatic amines is 1. The fourth-order valence-electron chi connectivity index (χ4n) is 4.04. The van der Waals surface area contributed by atoms with Crippen LogP contribution < -0.4 is 10.1 Å². The third-order valence-corrected chi connectivity index (χ3v) is 5.83. The zero-order valence-electron chi connectivity index (χ0n) is 17.8. The average molecular weight is 467 g/mol. The van der Waals surface area contributed by atoms with Crippen LogP contribution in [0, 0.1) is 0 Å². The van der Waals surface area contributed by atoms with Gasteiger partial charge in [-0.25, -0.2) is 4.98 Å². The molecule has 5 rings (SSSR count). The highest BCUT2D eigenvalue weighted by Gasteiger charge is 2.36. The van der Waals surface area contributed by atoms with E-state index in [9.17, 15) is 18.0 Å². The minimum atomic E-state index is -4.55. The van der Waals surface area contributed by atoms with E-state index < -0.39 is 11.9 Å². The lowest BCUT2D eigenvalue weighted by Crippen LogP contribution is -2.33. The van der Waals surface area contributed by atoms with Gasteiger partial charge in [-0.3, -0.25) is 9.89 Å². The first-order valence-electron chi connectivity index (χ1n) is 10.7. The van der Waals surface area contributed by atoms with E-state index in [-0.39, 0.29) is 30.4 Å². The van der Waals surface area contributed by atoms with Crippen molar-refractivity contribution >= 4 is 22.5 Å². The van der Waals surface area contributed by atoms with E-state index in [4.69, 9.17) is 4.74 Å². The van der Waals surface area contributed by atoms with Crippen LogP contribution in [-0.4, -0.2) is 32.2 Å². The number of aromatic nitrogens is 4. The number of carbonyl (C=O) groups excluding carboxylic acids is 1. The number of hydrogen-bond acceptors (Lipinski definition) is 5. The smallest absolute Gasteiger partial charge is 0.433 e. The summed E-state index contributed by atoms with van der Waals surface area (Å²) in [7, 11) is 0. The number of ether oxygens (including phenoxy) is 1. The first-order valence-corrected chi connectivity index (χ1v) is 10.7. The predicted octanol–water partition coefficient (Wildman–Crippen LogP) is 4.88. The van der Waals surface area contributed by atoms with E-state index in [0.29, 0.717) is 18.7 Å². The first-order chi connectivity index (χ1) is 16.3. The quantitative estimate of drug-likeness (QED) is 0.422. The zero-order valence-corrected chi connectivity index (χ0v) is 17.8. The second-order valence-electron chi connectivity index (χ2n) is 8.20. The van der Waals surface area contributed by atoms with Crippen molar-refractivity contribution in [3.8, 4) is 6.01 Å². The molecule has 34 heavy (non-hydrogen) atoms. The van der Waals surface area contributed by atoms with E-state index in [0.717, 1.165) is 34.3 Å². The van der Waals surface area contributed by atoms with Crippen molar-refractivity contribution in [2.24, 2.45) is 0 Å². The second-order valence-corrected chi connectivity index (χ2v) is 8.20. The van der Waals surface area contributed by atoms with Gasteiger partial charge in [0.1, 0.15) is 6.10 Å². The molecule has 1 amide bonds. The highest BCUT2D eigenvalue weighted by molar-refractivity contribution is 5.95. The Kier molecular flexibility index (Phi) is 5.64. The summed E-state index contributed by atoms with van der Waals surface area (Å²) in [5, 5.41) is 12.0. The van der Waals surface area contributed by atoms with E-state index in [1.54, 1.807) is 6.07 Å². The lowest BCUT2D eigenvalue weighted by molar-refractivity contribution is -0.141. The summed E-state index contributed by atoms with van der Waals surface area (Å²) in [6, 6.07) is 16.0. The summed E-state index contributed by atoms with van der Waals surface area (Å²) in [5.74, 6) is 0.337. The van der Waals surface area contributed by atoms with Crippen LogP contribution in [0.2, 0.25) is 0 Å². The molecule has 0 saturated heterocycles. The van der Waals surface area contributed by atoms with Crippen LogP contribution in [0.1, 0.15) is 35.7 Å². The lowest BCUT2D eigenvalue weighted by Gasteiger charge is -2.33. The van der Waals surface area contributed by atoms with Crippen LogP contribution in [-0.2, 0) is 17.4 Å². The van der Waals surface area contributed by atoms with Crippen LogP contribution in [0.4, 0.5) is 19.0 Å². The van der Waals surface area contributed by atoms with Gasteiger partial charge in [-0.15, -0.1) is 0 Å². The summed E-state index contributed by atoms with van der Waals surface area (Å²) >= 11 is 0. The van der Waals surface area contributed by atoms with Crippen molar-refractivity contribution in [3.63, 3.8) is 0 Å². The van der Waals surface area contributed by atoms with Gasteiger partial charge in [-0.05, 0) is 35.2 Å². The number of benzene rings is 2. The molecule has 7 nitrogen and oxygen atoms in total. The third-order valence-electron chi connectivity index (χ3n) is 5.83. The Labute approximate surface area is 192 Å². The van der Waals surface area contributed by atoms with E-state index in [1.807, 2.05) is 42.5 Å². The first kappa shape index (κ1) is 21.9. The Morgan fingerprint density at radius 3 is 2.74 bits per heavy atom. The maximum atomic E-state index is 12.8. The van der Waals surface area contributed by atoms with Crippen LogP contribution in [0.25, 0.3) is 10.8 Å². The lowest BCUT2D eigenvalue weighted by atomic mass is 9.80. The molecule has 1 fully saturated rings. The monoisotopic (exact) mass is 467 g/mol. The maximum Gasteiger partial charge on any atom is 0.433 e. The molecule has 2 heterocycles. The molecule has 0 atom stereocenters. The fourth-order valence-corrected chi connectivity index (χ4v) is 4.04. The van der Waals surface area contributed by atoms with E-state index >= 15 is 0 Å². The molecule has 1 aliphatic carbocycles. The highest BCUT2D eigenvalue weighted by Crippen LogP contribution is 2.38. The average Bonchev–Trinajstić information content (AvgIpc) is 3.23. The van der Waals surface area contributed by atoms with Crippen LogP contribution in [0.15, 0.2) is 60.8 Å². The van der Waals surface area contributed by atoms with Gasteiger partial charge in [0, 0.05) is 23.9 Å². The molecule has 0 spiro atoms. The van der Waals surface area contributed by atoms with Crippen molar-refractivity contribution in [1.29, 1.82) is 0 Å². The van der Waals surface area contributed by atoms with Crippen LogP contribution >= 0.6 is 0 Å². The van der Waals surface area contributed by atoms with Gasteiger partial charge in [-0.2, -0.15) is 23.3 Å². The van der Waals surface area contributed by atoms with Gasteiger partial charge in [0.15, 0.2) is 11.5 Å². The zero-order chi connectivity index (χ0) is 23.7. The minimum absolute atomic E-state index is 0.0898. The van der Waals surface area contributed by atoms with Gasteiger partial charge in [0.05, 0.1) is 6.42 Å². The van der Waals surface area contributed by atoms with Gasteiger partial charge in [-0.1, -0.05) is 42.5 Å². The number of nitrogens with one attached hydrogen (secondary N) is 2. The Balaban J connectivity index is 1.15. The largest absolute Gasteiger partial charge is 0.460 e. The molecule has 2 N–H and O–H groups in total. The molecule has 10 heteroatoms. The molecule has 0 radical (unpaired) electrons. The van der Waals surface area contributed by atoms with Crippen molar-refractivity contribution in [1.82, 2.24) is 20.2 Å². The number of alkyl halides is 3. The summed E-state index contributed by atoms with van der Waals surface area (Å²) in [6.45, 7) is 0. The van der Waals surface area contributed by atoms with Crippen molar-refractivity contribution in [3.05, 3.63) is 77.7 Å². The van der Waals surface area contributed by atoms with E-state index in [2.05, 4.69) is 25.5 Å². The summed E-state index contributed by atoms with van der Waals surface area (Å²) in [4.78, 5) is 19.8. The number of anilines is 1. The molecular weight excluding hydrogens is 447 g/mol. The van der Waals surface area contributed by atoms with E-state index in [1.165, 1.54) is 0 Å². The van der Waals surface area contributed by atoms with Gasteiger partial charge in [0.25, 0.3) is 0 Å². The second kappa shape index (κ2) is 8.77. The molecule has 0 unspecified atom stereocenters. The number of halogens is 3. The summed E-state index contributed by atoms with van der Waals surface area (Å²) in [6.07, 6.45) is -2.44. The maximum absolute atomic E-state index is 12.8. The number of H-pyrrole nitrogens is 1. The normalized spacial score (nSPS) is 17.9. The molecule has 1 aliphatic rings. The molecule has 0 aliphatic heterocycles. The number of carbonyl (C=O) groups is 1. The van der Waals surface area contributed by atoms with Crippen LogP contribution in [0.5, 0.6) is 6.01 Å². The minimum Gasteiger partial charge on any atom is -0.460 e. The van der Waals surface area contributed by atoms with Crippen molar-refractivity contribution in [2.45, 2.75) is 37.5 Å². The summed E-state index contributed by atoms with van der Waals surface area (Å²) < 4.78 is 43.8. The molecule has 1 saturated carbocycles. The molecule has 174 valence electrons. The predicted molar refractivity (Wildman–Crippen MR) is 118 cm³/mol. The molecule has 4 aromatic rings. The molecule has 0 bridgehead atoms. The van der Waals surface area contributed by atoms with Crippen LogP contribution in [0.3, 0.4) is 0 Å². The number of hydrogen-bond donors (Lipinski definition) is 2. The SMILES string of the molecule is O=C(Cc1cccc2ccccc12)Nc1cc(C2CC(Oc3nccc(C(F)(F)F)n3)C2)[nH]n1. The van der Waals surface area contributed by atoms with Crippen molar-refractivity contribution < 1.29 is 22.7 Å². The Hall–Kier alpha value is -3.95. The summed E-state index contributed by atoms with van der Waals surface area (Å²) in [5.41, 5.74) is 0.721. The number of rotatable bonds is 6. The van der Waals surface area contributed by atoms with Gasteiger partial charge >= 0.3 is 12.2 Å². The molecule has 2 aromatic carbocycles. The fraction of sp³-hybridized carbons (Fsp3) is 0.250. The number of nitrogens with zero attached hydrogens (tertiary/aromatic N) is 3. The van der Waals surface area contributed by atoms with Crippen molar-refractivity contribution in [2.75, 3.05) is 5.32 Å². The standard InChI is InChI=1S/C24H20F3N5O2/c25-24(26,27)20-8-9-28-23(29-20)34-17-10-16(11-17)19-13-21(32-31-19)30-22(33)12-15-6-3-5-14-4-1-2-7-18(14)15/h1-9,13,16-17H,10-12H2,(H2,30,31,32,33).